The third-order valence-electron chi connectivity index (χ3n) is 9.21. The topological polar surface area (TPSA) is 179 Å². The Morgan fingerprint density at radius 2 is 1.83 bits per heavy atom. The number of hydrogen-bond acceptors (Lipinski definition) is 10. The van der Waals surface area contributed by atoms with Crippen LogP contribution in [-0.4, -0.2) is 83.4 Å². The first-order valence-corrected chi connectivity index (χ1v) is 19.3. The summed E-state index contributed by atoms with van der Waals surface area (Å²) >= 11 is 1.56. The highest BCUT2D eigenvalue weighted by Crippen LogP contribution is 2.32. The van der Waals surface area contributed by atoms with Crippen LogP contribution in [0.25, 0.3) is 10.4 Å². The zero-order valence-corrected chi connectivity index (χ0v) is 32.6. The van der Waals surface area contributed by atoms with E-state index in [1.54, 1.807) is 11.3 Å². The lowest BCUT2D eigenvalue weighted by atomic mass is 9.91. The molecule has 0 spiro atoms. The van der Waals surface area contributed by atoms with Crippen LogP contribution < -0.4 is 21.5 Å². The Hall–Kier alpha value is -3.88. The number of nitrogens with zero attached hydrogens (tertiary/aromatic N) is 2. The number of ether oxygens (including phenoxy) is 3. The Morgan fingerprint density at radius 3 is 2.51 bits per heavy atom. The van der Waals surface area contributed by atoms with E-state index in [0.29, 0.717) is 45.0 Å². The van der Waals surface area contributed by atoms with Crippen LogP contribution in [0.1, 0.15) is 82.2 Å². The van der Waals surface area contributed by atoms with E-state index < -0.39 is 12.1 Å². The number of aliphatic hydroxyl groups excluding tert-OH is 1. The first-order chi connectivity index (χ1) is 25.2. The standard InChI is InChI=1S/C40H57N5O7S/c1-26-38(53-25-44-26)30-12-13-31(22-43-39(49)34-20-32(46)23-45(34)37(48)21-40(3,4)5)35(19-30)51-18-17-50-16-6-7-28-8-10-29(11-9-28)24-52-27(2)33(41)14-15-36(42)47/h8-13,19,25,27,32-34,46H,6-7,14-18,20-24,41H2,1-5H3,(H2,42,47)(H,43,49)/t27-,32-,33+,34+/m1/s1. The highest BCUT2D eigenvalue weighted by atomic mass is 32.1. The Balaban J connectivity index is 1.24. The zero-order chi connectivity index (χ0) is 38.5. The van der Waals surface area contributed by atoms with Gasteiger partial charge in [-0.3, -0.25) is 14.4 Å². The van der Waals surface area contributed by atoms with Crippen molar-refractivity contribution in [1.29, 1.82) is 0 Å². The summed E-state index contributed by atoms with van der Waals surface area (Å²) < 4.78 is 18.0. The minimum absolute atomic E-state index is 0.131. The Morgan fingerprint density at radius 1 is 1.09 bits per heavy atom. The Labute approximate surface area is 317 Å². The first kappa shape index (κ1) is 41.9. The number of carbonyl (C=O) groups excluding carboxylic acids is 3. The van der Waals surface area contributed by atoms with Crippen LogP contribution in [0.4, 0.5) is 0 Å². The molecular weight excluding hydrogens is 695 g/mol. The molecule has 1 aliphatic rings. The summed E-state index contributed by atoms with van der Waals surface area (Å²) in [6, 6.07) is 13.2. The van der Waals surface area contributed by atoms with E-state index in [0.717, 1.165) is 40.1 Å². The molecule has 1 saturated heterocycles. The number of benzene rings is 2. The van der Waals surface area contributed by atoms with Gasteiger partial charge in [0.1, 0.15) is 18.4 Å². The molecule has 290 valence electrons. The number of aryl methyl sites for hydroxylation is 2. The maximum absolute atomic E-state index is 13.3. The summed E-state index contributed by atoms with van der Waals surface area (Å²) in [6.07, 6.45) is 2.06. The summed E-state index contributed by atoms with van der Waals surface area (Å²) in [4.78, 5) is 44.3. The van der Waals surface area contributed by atoms with E-state index in [4.69, 9.17) is 25.7 Å². The molecule has 0 aliphatic carbocycles. The fourth-order valence-corrected chi connectivity index (χ4v) is 6.94. The van der Waals surface area contributed by atoms with Gasteiger partial charge in [0.15, 0.2) is 0 Å². The van der Waals surface area contributed by atoms with Crippen molar-refractivity contribution in [3.8, 4) is 16.2 Å². The fourth-order valence-electron chi connectivity index (χ4n) is 6.14. The highest BCUT2D eigenvalue weighted by molar-refractivity contribution is 7.13. The molecule has 0 unspecified atom stereocenters. The monoisotopic (exact) mass is 751 g/mol. The van der Waals surface area contributed by atoms with E-state index >= 15 is 0 Å². The predicted molar refractivity (Wildman–Crippen MR) is 206 cm³/mol. The maximum atomic E-state index is 13.3. The molecule has 1 aliphatic heterocycles. The van der Waals surface area contributed by atoms with Gasteiger partial charge >= 0.3 is 0 Å². The molecule has 12 nitrogen and oxygen atoms in total. The lowest BCUT2D eigenvalue weighted by Gasteiger charge is -2.27. The van der Waals surface area contributed by atoms with Crippen LogP contribution in [0, 0.1) is 12.3 Å². The van der Waals surface area contributed by atoms with E-state index in [1.165, 1.54) is 10.5 Å². The number of amides is 3. The number of thiazole rings is 1. The molecule has 2 heterocycles. The molecular formula is C40H57N5O7S. The van der Waals surface area contributed by atoms with Crippen LogP contribution in [0.15, 0.2) is 48.0 Å². The van der Waals surface area contributed by atoms with Gasteiger partial charge in [-0.15, -0.1) is 11.3 Å². The summed E-state index contributed by atoms with van der Waals surface area (Å²) in [6.45, 7) is 11.9. The van der Waals surface area contributed by atoms with Crippen molar-refractivity contribution in [2.45, 2.75) is 111 Å². The lowest BCUT2D eigenvalue weighted by molar-refractivity contribution is -0.140. The van der Waals surface area contributed by atoms with Crippen LogP contribution in [-0.2, 0) is 43.4 Å². The minimum Gasteiger partial charge on any atom is -0.491 e. The summed E-state index contributed by atoms with van der Waals surface area (Å²) in [5.74, 6) is -0.149. The highest BCUT2D eigenvalue weighted by Gasteiger charge is 2.39. The van der Waals surface area contributed by atoms with Gasteiger partial charge in [-0.25, -0.2) is 4.98 Å². The number of nitrogens with one attached hydrogen (secondary N) is 1. The number of carbonyl (C=O) groups is 3. The largest absolute Gasteiger partial charge is 0.491 e. The molecule has 4 atom stereocenters. The first-order valence-electron chi connectivity index (χ1n) is 18.4. The fraction of sp³-hybridized carbons (Fsp3) is 0.550. The maximum Gasteiger partial charge on any atom is 0.243 e. The smallest absolute Gasteiger partial charge is 0.243 e. The van der Waals surface area contributed by atoms with E-state index in [-0.39, 0.29) is 61.2 Å². The van der Waals surface area contributed by atoms with Crippen LogP contribution in [0.5, 0.6) is 5.75 Å². The molecule has 1 aromatic heterocycles. The Kier molecular flexibility index (Phi) is 15.8. The van der Waals surface area contributed by atoms with Crippen LogP contribution >= 0.6 is 11.3 Å². The Bertz CT molecular complexity index is 1640. The molecule has 4 rings (SSSR count). The number of nitrogens with two attached hydrogens (primary N) is 2. The number of aliphatic hydroxyl groups is 1. The van der Waals surface area contributed by atoms with E-state index in [2.05, 4.69) is 22.4 Å². The summed E-state index contributed by atoms with van der Waals surface area (Å²) in [5, 5.41) is 13.3. The van der Waals surface area contributed by atoms with Crippen molar-refractivity contribution in [3.63, 3.8) is 0 Å². The van der Waals surface area contributed by atoms with Crippen LogP contribution in [0.2, 0.25) is 0 Å². The number of likely N-dealkylation sites (tertiary alicyclic amines) is 1. The van der Waals surface area contributed by atoms with E-state index in [1.807, 2.05) is 70.5 Å². The van der Waals surface area contributed by atoms with Crippen molar-refractivity contribution >= 4 is 29.1 Å². The average Bonchev–Trinajstić information content (AvgIpc) is 3.73. The second-order valence-electron chi connectivity index (χ2n) is 15.1. The summed E-state index contributed by atoms with van der Waals surface area (Å²) in [7, 11) is 0. The van der Waals surface area contributed by atoms with Gasteiger partial charge in [0.05, 0.1) is 41.5 Å². The normalized spacial score (nSPS) is 17.1. The molecule has 2 aromatic carbocycles. The molecule has 0 saturated carbocycles. The molecule has 6 N–H and O–H groups in total. The third kappa shape index (κ3) is 13.5. The molecule has 3 amide bonds. The van der Waals surface area contributed by atoms with Crippen molar-refractivity contribution < 1.29 is 33.7 Å². The van der Waals surface area contributed by atoms with Gasteiger partial charge in [-0.05, 0) is 61.3 Å². The molecule has 0 bridgehead atoms. The molecule has 53 heavy (non-hydrogen) atoms. The predicted octanol–water partition coefficient (Wildman–Crippen LogP) is 4.66. The van der Waals surface area contributed by atoms with E-state index in [9.17, 15) is 19.5 Å². The lowest BCUT2D eigenvalue weighted by Crippen LogP contribution is -2.46. The second-order valence-corrected chi connectivity index (χ2v) is 15.9. The average molecular weight is 752 g/mol. The zero-order valence-electron chi connectivity index (χ0n) is 31.8. The number of primary amides is 1. The van der Waals surface area contributed by atoms with Crippen molar-refractivity contribution in [3.05, 3.63) is 70.4 Å². The van der Waals surface area contributed by atoms with Gasteiger partial charge in [0, 0.05) is 50.6 Å². The van der Waals surface area contributed by atoms with Gasteiger partial charge < -0.3 is 41.0 Å². The SMILES string of the molecule is Cc1ncsc1-c1ccc(CNC(=O)[C@@H]2C[C@@H](O)CN2C(=O)CC(C)(C)C)c(OCCOCCCc2ccc(CO[C@H](C)[C@@H](N)CCC(N)=O)cc2)c1. The molecule has 13 heteroatoms. The van der Waals surface area contributed by atoms with Gasteiger partial charge in [0.25, 0.3) is 0 Å². The molecule has 0 radical (unpaired) electrons. The molecule has 1 fully saturated rings. The number of aromatic nitrogens is 1. The van der Waals surface area contributed by atoms with Crippen LogP contribution in [0.3, 0.4) is 0 Å². The number of hydrogen-bond donors (Lipinski definition) is 4. The second kappa shape index (κ2) is 20.0. The molecule has 3 aromatic rings. The van der Waals surface area contributed by atoms with Crippen molar-refractivity contribution in [1.82, 2.24) is 15.2 Å². The summed E-state index contributed by atoms with van der Waals surface area (Å²) in [5.41, 5.74) is 17.9. The van der Waals surface area contributed by atoms with Gasteiger partial charge in [-0.2, -0.15) is 0 Å². The minimum atomic E-state index is -0.733. The number of β-amino-alcohol motifs (C(OH)–C–C–N with tert-alkyl or cyclic N) is 1. The van der Waals surface area contributed by atoms with Crippen molar-refractivity contribution in [2.24, 2.45) is 16.9 Å². The quantitative estimate of drug-likeness (QED) is 0.120. The van der Waals surface area contributed by atoms with Crippen molar-refractivity contribution in [2.75, 3.05) is 26.4 Å². The van der Waals surface area contributed by atoms with Gasteiger partial charge in [-0.1, -0.05) is 57.2 Å². The third-order valence-corrected chi connectivity index (χ3v) is 10.2. The van der Waals surface area contributed by atoms with Gasteiger partial charge in [0.2, 0.25) is 17.7 Å². The number of rotatable bonds is 20.